The van der Waals surface area contributed by atoms with Gasteiger partial charge in [0.05, 0.1) is 6.10 Å². The van der Waals surface area contributed by atoms with Crippen LogP contribution in [-0.4, -0.2) is 32.2 Å². The van der Waals surface area contributed by atoms with Gasteiger partial charge < -0.3 is 10.1 Å². The molecule has 0 unspecified atom stereocenters. The van der Waals surface area contributed by atoms with Gasteiger partial charge in [0, 0.05) is 24.4 Å². The molecule has 0 spiro atoms. The van der Waals surface area contributed by atoms with Crippen molar-refractivity contribution in [2.45, 2.75) is 20.0 Å². The minimum atomic E-state index is -0.210. The fourth-order valence-electron chi connectivity index (χ4n) is 2.50. The molecule has 7 heteroatoms. The van der Waals surface area contributed by atoms with Gasteiger partial charge >= 0.3 is 0 Å². The quantitative estimate of drug-likeness (QED) is 0.680. The van der Waals surface area contributed by atoms with E-state index in [9.17, 15) is 4.79 Å². The Morgan fingerprint density at radius 3 is 2.63 bits per heavy atom. The van der Waals surface area contributed by atoms with Crippen LogP contribution in [0.15, 0.2) is 54.6 Å². The van der Waals surface area contributed by atoms with Crippen molar-refractivity contribution in [2.24, 2.45) is 7.05 Å². The van der Waals surface area contributed by atoms with Crippen molar-refractivity contribution < 1.29 is 9.53 Å². The van der Waals surface area contributed by atoms with Gasteiger partial charge in [-0.1, -0.05) is 12.1 Å². The number of carbonyl (C=O) groups is 1. The zero-order chi connectivity index (χ0) is 19.2. The van der Waals surface area contributed by atoms with E-state index in [0.29, 0.717) is 11.5 Å². The second-order valence-electron chi connectivity index (χ2n) is 6.27. The molecular weight excluding hydrogens is 342 g/mol. The van der Waals surface area contributed by atoms with E-state index in [0.717, 1.165) is 16.9 Å². The van der Waals surface area contributed by atoms with Crippen molar-refractivity contribution in [2.75, 3.05) is 5.32 Å². The van der Waals surface area contributed by atoms with Crippen molar-refractivity contribution in [3.63, 3.8) is 0 Å². The second kappa shape index (κ2) is 8.27. The van der Waals surface area contributed by atoms with Crippen molar-refractivity contribution in [1.82, 2.24) is 20.2 Å². The van der Waals surface area contributed by atoms with E-state index in [-0.39, 0.29) is 12.0 Å². The molecule has 0 fully saturated rings. The lowest BCUT2D eigenvalue weighted by Gasteiger charge is -2.09. The van der Waals surface area contributed by atoms with Gasteiger partial charge in [-0.05, 0) is 72.3 Å². The molecule has 7 nitrogen and oxygen atoms in total. The number of hydrogen-bond acceptors (Lipinski definition) is 5. The number of aryl methyl sites for hydroxylation is 1. The second-order valence-corrected chi connectivity index (χ2v) is 6.27. The summed E-state index contributed by atoms with van der Waals surface area (Å²) < 4.78 is 7.25. The summed E-state index contributed by atoms with van der Waals surface area (Å²) in [6.45, 7) is 3.95. The summed E-state index contributed by atoms with van der Waals surface area (Å²) in [6.07, 6.45) is 3.35. The number of anilines is 1. The summed E-state index contributed by atoms with van der Waals surface area (Å²) >= 11 is 0. The topological polar surface area (TPSA) is 81.9 Å². The third-order valence-electron chi connectivity index (χ3n) is 3.69. The highest BCUT2D eigenvalue weighted by Gasteiger charge is 2.06. The van der Waals surface area contributed by atoms with E-state index in [1.807, 2.05) is 62.4 Å². The van der Waals surface area contributed by atoms with E-state index in [1.54, 1.807) is 17.8 Å². The molecule has 3 rings (SSSR count). The molecule has 1 aromatic heterocycles. The van der Waals surface area contributed by atoms with Crippen LogP contribution in [0.4, 0.5) is 5.69 Å². The SMILES string of the molecule is CC(C)Oc1cccc(/C=C/C(=O)Nc2ccc(-c3nnnn3C)cc2)c1. The number of ether oxygens (including phenoxy) is 1. The maximum atomic E-state index is 12.2. The van der Waals surface area contributed by atoms with E-state index in [4.69, 9.17) is 4.74 Å². The molecule has 1 N–H and O–H groups in total. The number of aromatic nitrogens is 4. The highest BCUT2D eigenvalue weighted by molar-refractivity contribution is 6.02. The van der Waals surface area contributed by atoms with Crippen LogP contribution in [0.1, 0.15) is 19.4 Å². The standard InChI is InChI=1S/C20H21N5O2/c1-14(2)27-18-6-4-5-15(13-18)7-12-19(26)21-17-10-8-16(9-11-17)20-22-23-24-25(20)3/h4-14H,1-3H3,(H,21,26)/b12-7+. The minimum absolute atomic E-state index is 0.104. The lowest BCUT2D eigenvalue weighted by atomic mass is 10.2. The van der Waals surface area contributed by atoms with Crippen LogP contribution in [0.5, 0.6) is 5.75 Å². The lowest BCUT2D eigenvalue weighted by molar-refractivity contribution is -0.111. The molecule has 0 aliphatic heterocycles. The average Bonchev–Trinajstić information content (AvgIpc) is 3.06. The van der Waals surface area contributed by atoms with Crippen LogP contribution in [0, 0.1) is 0 Å². The molecule has 0 aliphatic carbocycles. The number of rotatable bonds is 6. The number of amides is 1. The monoisotopic (exact) mass is 363 g/mol. The molecule has 0 saturated carbocycles. The van der Waals surface area contributed by atoms with Crippen molar-refractivity contribution >= 4 is 17.7 Å². The first-order valence-corrected chi connectivity index (χ1v) is 8.60. The molecule has 27 heavy (non-hydrogen) atoms. The van der Waals surface area contributed by atoms with Crippen LogP contribution in [0.2, 0.25) is 0 Å². The lowest BCUT2D eigenvalue weighted by Crippen LogP contribution is -2.07. The van der Waals surface area contributed by atoms with Crippen LogP contribution in [0.25, 0.3) is 17.5 Å². The first kappa shape index (κ1) is 18.3. The first-order chi connectivity index (χ1) is 13.0. The fourth-order valence-corrected chi connectivity index (χ4v) is 2.50. The van der Waals surface area contributed by atoms with E-state index in [1.165, 1.54) is 6.08 Å². The molecule has 0 bridgehead atoms. The van der Waals surface area contributed by atoms with Gasteiger partial charge in [-0.25, -0.2) is 4.68 Å². The zero-order valence-corrected chi connectivity index (χ0v) is 15.5. The van der Waals surface area contributed by atoms with Crippen LogP contribution in [-0.2, 0) is 11.8 Å². The Bertz CT molecular complexity index is 945. The third-order valence-corrected chi connectivity index (χ3v) is 3.69. The van der Waals surface area contributed by atoms with Gasteiger partial charge in [-0.2, -0.15) is 0 Å². The smallest absolute Gasteiger partial charge is 0.248 e. The van der Waals surface area contributed by atoms with Gasteiger partial charge in [-0.3, -0.25) is 4.79 Å². The van der Waals surface area contributed by atoms with Gasteiger partial charge in [0.2, 0.25) is 5.91 Å². The first-order valence-electron chi connectivity index (χ1n) is 8.60. The van der Waals surface area contributed by atoms with Gasteiger partial charge in [0.25, 0.3) is 0 Å². The molecule has 1 amide bonds. The number of tetrazole rings is 1. The Morgan fingerprint density at radius 1 is 1.19 bits per heavy atom. The molecule has 2 aromatic carbocycles. The minimum Gasteiger partial charge on any atom is -0.491 e. The Hall–Kier alpha value is -3.48. The van der Waals surface area contributed by atoms with E-state index in [2.05, 4.69) is 20.8 Å². The van der Waals surface area contributed by atoms with Gasteiger partial charge in [0.15, 0.2) is 5.82 Å². The molecule has 138 valence electrons. The Morgan fingerprint density at radius 2 is 1.96 bits per heavy atom. The van der Waals surface area contributed by atoms with E-state index < -0.39 is 0 Å². The fraction of sp³-hybridized carbons (Fsp3) is 0.200. The summed E-state index contributed by atoms with van der Waals surface area (Å²) in [4.78, 5) is 12.2. The maximum Gasteiger partial charge on any atom is 0.248 e. The van der Waals surface area contributed by atoms with E-state index >= 15 is 0 Å². The number of nitrogens with one attached hydrogen (secondary N) is 1. The number of carbonyl (C=O) groups excluding carboxylic acids is 1. The molecule has 0 atom stereocenters. The highest BCUT2D eigenvalue weighted by Crippen LogP contribution is 2.19. The molecular formula is C20H21N5O2. The van der Waals surface area contributed by atoms with Crippen LogP contribution in [0.3, 0.4) is 0 Å². The number of benzene rings is 2. The summed E-state index contributed by atoms with van der Waals surface area (Å²) in [5.74, 6) is 1.23. The predicted molar refractivity (Wildman–Crippen MR) is 104 cm³/mol. The third kappa shape index (κ3) is 5.01. The van der Waals surface area contributed by atoms with Gasteiger partial charge in [0.1, 0.15) is 5.75 Å². The van der Waals surface area contributed by atoms with Crippen molar-refractivity contribution in [1.29, 1.82) is 0 Å². The Labute approximate surface area is 157 Å². The Kier molecular flexibility index (Phi) is 5.61. The molecule has 0 saturated heterocycles. The summed E-state index contributed by atoms with van der Waals surface area (Å²) in [6, 6.07) is 14.9. The molecule has 1 heterocycles. The maximum absolute atomic E-state index is 12.2. The largest absolute Gasteiger partial charge is 0.491 e. The average molecular weight is 363 g/mol. The van der Waals surface area contributed by atoms with Crippen LogP contribution < -0.4 is 10.1 Å². The van der Waals surface area contributed by atoms with Crippen molar-refractivity contribution in [3.8, 4) is 17.1 Å². The highest BCUT2D eigenvalue weighted by atomic mass is 16.5. The Balaban J connectivity index is 1.62. The zero-order valence-electron chi connectivity index (χ0n) is 15.5. The predicted octanol–water partition coefficient (Wildman–Crippen LogP) is 3.32. The van der Waals surface area contributed by atoms with Crippen molar-refractivity contribution in [3.05, 3.63) is 60.2 Å². The van der Waals surface area contributed by atoms with Gasteiger partial charge in [-0.15, -0.1) is 5.10 Å². The summed E-state index contributed by atoms with van der Waals surface area (Å²) in [5.41, 5.74) is 2.46. The summed E-state index contributed by atoms with van der Waals surface area (Å²) in [5, 5.41) is 14.2. The summed E-state index contributed by atoms with van der Waals surface area (Å²) in [7, 11) is 1.77. The molecule has 3 aromatic rings. The molecule has 0 aliphatic rings. The number of hydrogen-bond donors (Lipinski definition) is 1. The normalized spacial score (nSPS) is 11.1. The molecule has 0 radical (unpaired) electrons. The number of nitrogens with zero attached hydrogens (tertiary/aromatic N) is 4. The van der Waals surface area contributed by atoms with Crippen LogP contribution >= 0.6 is 0 Å².